The average molecular weight is 690 g/mol. The number of hydrogen-bond acceptors (Lipinski definition) is 4. The molecule has 8 aromatic carbocycles. The lowest BCUT2D eigenvalue weighted by Gasteiger charge is -2.39. The third-order valence-electron chi connectivity index (χ3n) is 11.0. The summed E-state index contributed by atoms with van der Waals surface area (Å²) in [5, 5.41) is 2.19. The first-order valence-electron chi connectivity index (χ1n) is 18.3. The number of fused-ring (bicyclic) bond motifs is 10. The fourth-order valence-corrected chi connectivity index (χ4v) is 8.63. The van der Waals surface area contributed by atoms with Crippen molar-refractivity contribution >= 4 is 10.8 Å². The summed E-state index contributed by atoms with van der Waals surface area (Å²) in [6, 6.07) is 66.1. The van der Waals surface area contributed by atoms with Gasteiger partial charge in [-0.2, -0.15) is 0 Å². The summed E-state index contributed by atoms with van der Waals surface area (Å²) in [6.45, 7) is 0. The van der Waals surface area contributed by atoms with Gasteiger partial charge in [0.2, 0.25) is 0 Å². The third-order valence-corrected chi connectivity index (χ3v) is 11.0. The SMILES string of the molecule is c1ccc(-c2nc(-c3ccccc3)nc(-c3cc(-c4ccc5c(c4)C4(c6ccccc6O5)c5ccccc5-c5ccccc54)cc4ccccc34)n2)cc1. The molecule has 0 unspecified atom stereocenters. The highest BCUT2D eigenvalue weighted by molar-refractivity contribution is 5.99. The van der Waals surface area contributed by atoms with E-state index in [1.165, 1.54) is 22.3 Å². The van der Waals surface area contributed by atoms with Crippen molar-refractivity contribution in [2.24, 2.45) is 0 Å². The molecule has 0 saturated carbocycles. The van der Waals surface area contributed by atoms with E-state index in [4.69, 9.17) is 19.7 Å². The molecule has 0 fully saturated rings. The van der Waals surface area contributed by atoms with Gasteiger partial charge in [-0.3, -0.25) is 0 Å². The molecule has 0 bridgehead atoms. The summed E-state index contributed by atoms with van der Waals surface area (Å²) in [4.78, 5) is 15.3. The second-order valence-corrected chi connectivity index (χ2v) is 13.9. The number of aromatic nitrogens is 3. The van der Waals surface area contributed by atoms with Crippen molar-refractivity contribution in [3.8, 4) is 67.9 Å². The van der Waals surface area contributed by atoms with E-state index in [2.05, 4.69) is 127 Å². The van der Waals surface area contributed by atoms with Crippen LogP contribution >= 0.6 is 0 Å². The van der Waals surface area contributed by atoms with E-state index < -0.39 is 5.41 Å². The molecular weight excluding hydrogens is 659 g/mol. The molecule has 4 heteroatoms. The molecule has 1 aliphatic heterocycles. The summed E-state index contributed by atoms with van der Waals surface area (Å²) >= 11 is 0. The highest BCUT2D eigenvalue weighted by Gasteiger charge is 2.51. The van der Waals surface area contributed by atoms with E-state index >= 15 is 0 Å². The first-order valence-corrected chi connectivity index (χ1v) is 18.3. The van der Waals surface area contributed by atoms with Gasteiger partial charge >= 0.3 is 0 Å². The Balaban J connectivity index is 1.16. The molecule has 1 spiro atoms. The number of nitrogens with zero attached hydrogens (tertiary/aromatic N) is 3. The van der Waals surface area contributed by atoms with Gasteiger partial charge in [-0.15, -0.1) is 0 Å². The summed E-state index contributed by atoms with van der Waals surface area (Å²) in [5.74, 6) is 3.65. The molecule has 0 N–H and O–H groups in total. The zero-order valence-electron chi connectivity index (χ0n) is 29.1. The van der Waals surface area contributed by atoms with Crippen LogP contribution in [0.3, 0.4) is 0 Å². The standard InChI is InChI=1S/C50H31N3O/c1-3-15-32(16-4-1)47-51-48(33-17-5-2-6-18-33)53-49(52-47)40-30-36(29-35-19-7-8-20-37(35)40)34-27-28-46-44(31-34)50(43-25-13-14-26-45(43)54-46)41-23-11-9-21-38(41)39-22-10-12-24-42(39)50/h1-31H. The molecule has 252 valence electrons. The molecule has 1 aromatic heterocycles. The highest BCUT2D eigenvalue weighted by Crippen LogP contribution is 2.62. The smallest absolute Gasteiger partial charge is 0.164 e. The maximum absolute atomic E-state index is 6.73. The molecule has 0 saturated heterocycles. The van der Waals surface area contributed by atoms with E-state index in [0.29, 0.717) is 17.5 Å². The second-order valence-electron chi connectivity index (χ2n) is 13.9. The number of hydrogen-bond donors (Lipinski definition) is 0. The molecular formula is C50H31N3O. The first kappa shape index (κ1) is 30.5. The van der Waals surface area contributed by atoms with Crippen LogP contribution in [0.4, 0.5) is 0 Å². The van der Waals surface area contributed by atoms with E-state index in [0.717, 1.165) is 61.2 Å². The minimum Gasteiger partial charge on any atom is -0.457 e. The van der Waals surface area contributed by atoms with E-state index in [9.17, 15) is 0 Å². The van der Waals surface area contributed by atoms with Gasteiger partial charge < -0.3 is 4.74 Å². The van der Waals surface area contributed by atoms with Gasteiger partial charge in [-0.25, -0.2) is 15.0 Å². The minimum absolute atomic E-state index is 0.545. The molecule has 2 aliphatic rings. The zero-order chi connectivity index (χ0) is 35.6. The van der Waals surface area contributed by atoms with Gasteiger partial charge in [0, 0.05) is 27.8 Å². The van der Waals surface area contributed by atoms with Gasteiger partial charge in [-0.05, 0) is 74.5 Å². The van der Waals surface area contributed by atoms with Crippen LogP contribution in [-0.2, 0) is 5.41 Å². The lowest BCUT2D eigenvalue weighted by Crippen LogP contribution is -2.32. The van der Waals surface area contributed by atoms with E-state index in [1.807, 2.05) is 60.7 Å². The van der Waals surface area contributed by atoms with Crippen LogP contribution in [-0.4, -0.2) is 15.0 Å². The van der Waals surface area contributed by atoms with Crippen LogP contribution in [0.25, 0.3) is 67.2 Å². The van der Waals surface area contributed by atoms with Crippen molar-refractivity contribution in [2.75, 3.05) is 0 Å². The Bertz CT molecular complexity index is 2820. The molecule has 0 radical (unpaired) electrons. The van der Waals surface area contributed by atoms with Crippen LogP contribution in [0.5, 0.6) is 11.5 Å². The normalized spacial score (nSPS) is 13.1. The average Bonchev–Trinajstić information content (AvgIpc) is 3.54. The number of rotatable bonds is 4. The predicted molar refractivity (Wildman–Crippen MR) is 216 cm³/mol. The maximum Gasteiger partial charge on any atom is 0.164 e. The minimum atomic E-state index is -0.545. The maximum atomic E-state index is 6.73. The van der Waals surface area contributed by atoms with Crippen LogP contribution < -0.4 is 4.74 Å². The van der Waals surface area contributed by atoms with Crippen molar-refractivity contribution in [3.63, 3.8) is 0 Å². The monoisotopic (exact) mass is 689 g/mol. The van der Waals surface area contributed by atoms with E-state index in [-0.39, 0.29) is 0 Å². The predicted octanol–water partition coefficient (Wildman–Crippen LogP) is 12.2. The molecule has 1 aliphatic carbocycles. The Hall–Kier alpha value is -7.17. The summed E-state index contributed by atoms with van der Waals surface area (Å²) < 4.78 is 6.73. The zero-order valence-corrected chi connectivity index (χ0v) is 29.1. The third kappa shape index (κ3) is 4.53. The van der Waals surface area contributed by atoms with Crippen molar-refractivity contribution in [1.29, 1.82) is 0 Å². The van der Waals surface area contributed by atoms with Gasteiger partial charge in [0.25, 0.3) is 0 Å². The fourth-order valence-electron chi connectivity index (χ4n) is 8.63. The van der Waals surface area contributed by atoms with Gasteiger partial charge in [-0.1, -0.05) is 158 Å². The Kier molecular flexibility index (Phi) is 6.73. The summed E-state index contributed by atoms with van der Waals surface area (Å²) in [5.41, 5.74) is 11.8. The van der Waals surface area contributed by atoms with Crippen molar-refractivity contribution in [1.82, 2.24) is 15.0 Å². The molecule has 0 amide bonds. The number of ether oxygens (including phenoxy) is 1. The van der Waals surface area contributed by atoms with Crippen LogP contribution in [0.1, 0.15) is 22.3 Å². The molecule has 0 atom stereocenters. The molecule has 11 rings (SSSR count). The lowest BCUT2D eigenvalue weighted by atomic mass is 9.66. The van der Waals surface area contributed by atoms with Crippen molar-refractivity contribution in [2.45, 2.75) is 5.41 Å². The molecule has 54 heavy (non-hydrogen) atoms. The van der Waals surface area contributed by atoms with Crippen LogP contribution in [0.2, 0.25) is 0 Å². The largest absolute Gasteiger partial charge is 0.457 e. The molecule has 2 heterocycles. The van der Waals surface area contributed by atoms with Gasteiger partial charge in [0.05, 0.1) is 5.41 Å². The Morgan fingerprint density at radius 3 is 1.56 bits per heavy atom. The van der Waals surface area contributed by atoms with Gasteiger partial charge in [0.1, 0.15) is 11.5 Å². The van der Waals surface area contributed by atoms with Crippen molar-refractivity contribution in [3.05, 3.63) is 210 Å². The first-order chi connectivity index (χ1) is 26.8. The molecule has 9 aromatic rings. The highest BCUT2D eigenvalue weighted by atomic mass is 16.5. The Morgan fingerprint density at radius 2 is 0.870 bits per heavy atom. The summed E-state index contributed by atoms with van der Waals surface area (Å²) in [7, 11) is 0. The summed E-state index contributed by atoms with van der Waals surface area (Å²) in [6.07, 6.45) is 0. The number of para-hydroxylation sites is 1. The van der Waals surface area contributed by atoms with E-state index in [1.54, 1.807) is 0 Å². The van der Waals surface area contributed by atoms with Crippen molar-refractivity contribution < 1.29 is 4.74 Å². The van der Waals surface area contributed by atoms with Crippen LogP contribution in [0.15, 0.2) is 188 Å². The quantitative estimate of drug-likeness (QED) is 0.185. The Morgan fingerprint density at radius 1 is 0.333 bits per heavy atom. The molecule has 4 nitrogen and oxygen atoms in total. The Labute approximate surface area is 313 Å². The van der Waals surface area contributed by atoms with Gasteiger partial charge in [0.15, 0.2) is 17.5 Å². The lowest BCUT2D eigenvalue weighted by molar-refractivity contribution is 0.436. The number of benzene rings is 8. The topological polar surface area (TPSA) is 47.9 Å². The fraction of sp³-hybridized carbons (Fsp3) is 0.0200. The van der Waals surface area contributed by atoms with Crippen LogP contribution in [0, 0.1) is 0 Å². The second kappa shape index (κ2) is 11.9.